The van der Waals surface area contributed by atoms with Crippen molar-refractivity contribution in [1.29, 1.82) is 0 Å². The fraction of sp³-hybridized carbons (Fsp3) is 0.125. The van der Waals surface area contributed by atoms with E-state index in [-0.39, 0.29) is 26.7 Å². The summed E-state index contributed by atoms with van der Waals surface area (Å²) >= 11 is 14.1. The monoisotopic (exact) mass is 284 g/mol. The van der Waals surface area contributed by atoms with Crippen LogP contribution in [-0.2, 0) is 0 Å². The van der Waals surface area contributed by atoms with Crippen molar-refractivity contribution in [3.05, 3.63) is 33.6 Å². The molecule has 13 heavy (non-hydrogen) atoms. The molecule has 0 atom stereocenters. The molecule has 1 aromatic carbocycles. The molecule has 0 aromatic heterocycles. The van der Waals surface area contributed by atoms with E-state index in [2.05, 4.69) is 15.9 Å². The normalized spacial score (nSPS) is 10.2. The molecule has 5 heteroatoms. The lowest BCUT2D eigenvalue weighted by molar-refractivity contribution is 0.102. The zero-order valence-electron chi connectivity index (χ0n) is 6.28. The molecule has 0 aliphatic rings. The first kappa shape index (κ1) is 11.0. The van der Waals surface area contributed by atoms with Crippen molar-refractivity contribution >= 4 is 44.9 Å². The van der Waals surface area contributed by atoms with Crippen molar-refractivity contribution in [3.8, 4) is 0 Å². The van der Waals surface area contributed by atoms with Crippen LogP contribution in [0.25, 0.3) is 0 Å². The average molecular weight is 286 g/mol. The molecule has 0 heterocycles. The van der Waals surface area contributed by atoms with Crippen molar-refractivity contribution in [2.45, 2.75) is 0 Å². The van der Waals surface area contributed by atoms with Gasteiger partial charge in [0.05, 0.1) is 15.4 Å². The van der Waals surface area contributed by atoms with Crippen LogP contribution in [0.4, 0.5) is 4.39 Å². The molecule has 1 nitrogen and oxygen atoms in total. The Hall–Kier alpha value is -0.120. The third-order valence-electron chi connectivity index (χ3n) is 1.43. The molecule has 0 N–H and O–H groups in total. The smallest absolute Gasteiger partial charge is 0.174 e. The molecule has 0 aliphatic heterocycles. The SMILES string of the molecule is O=C(CBr)c1cc(Cl)c(F)cc1Cl. The van der Waals surface area contributed by atoms with Crippen molar-refractivity contribution in [3.63, 3.8) is 0 Å². The van der Waals surface area contributed by atoms with Crippen LogP contribution in [-0.4, -0.2) is 11.1 Å². The van der Waals surface area contributed by atoms with Gasteiger partial charge >= 0.3 is 0 Å². The predicted molar refractivity (Wildman–Crippen MR) is 54.5 cm³/mol. The van der Waals surface area contributed by atoms with Gasteiger partial charge in [0, 0.05) is 5.56 Å². The molecule has 1 aromatic rings. The van der Waals surface area contributed by atoms with Crippen LogP contribution in [0.3, 0.4) is 0 Å². The fourth-order valence-electron chi connectivity index (χ4n) is 0.808. The number of alkyl halides is 1. The highest BCUT2D eigenvalue weighted by molar-refractivity contribution is 9.09. The third kappa shape index (κ3) is 2.42. The molecular weight excluding hydrogens is 282 g/mol. The van der Waals surface area contributed by atoms with Gasteiger partial charge in [-0.2, -0.15) is 0 Å². The van der Waals surface area contributed by atoms with Gasteiger partial charge in [0.2, 0.25) is 0 Å². The Bertz CT molecular complexity index is 354. The minimum atomic E-state index is -0.627. The van der Waals surface area contributed by atoms with Crippen LogP contribution >= 0.6 is 39.1 Å². The van der Waals surface area contributed by atoms with Crippen molar-refractivity contribution < 1.29 is 9.18 Å². The minimum Gasteiger partial charge on any atom is -0.293 e. The van der Waals surface area contributed by atoms with E-state index in [1.807, 2.05) is 0 Å². The van der Waals surface area contributed by atoms with Crippen molar-refractivity contribution in [1.82, 2.24) is 0 Å². The summed E-state index contributed by atoms with van der Waals surface area (Å²) in [6, 6.07) is 2.25. The van der Waals surface area contributed by atoms with Gasteiger partial charge in [-0.3, -0.25) is 4.79 Å². The number of hydrogen-bond donors (Lipinski definition) is 0. The largest absolute Gasteiger partial charge is 0.293 e. The summed E-state index contributed by atoms with van der Waals surface area (Å²) < 4.78 is 12.8. The van der Waals surface area contributed by atoms with Gasteiger partial charge in [-0.1, -0.05) is 39.1 Å². The van der Waals surface area contributed by atoms with Crippen LogP contribution in [0, 0.1) is 5.82 Å². The summed E-state index contributed by atoms with van der Waals surface area (Å²) in [7, 11) is 0. The first-order valence-electron chi connectivity index (χ1n) is 3.30. The second-order valence-electron chi connectivity index (χ2n) is 2.30. The van der Waals surface area contributed by atoms with Gasteiger partial charge in [-0.15, -0.1) is 0 Å². The van der Waals surface area contributed by atoms with Gasteiger partial charge in [0.1, 0.15) is 5.82 Å². The van der Waals surface area contributed by atoms with E-state index in [4.69, 9.17) is 23.2 Å². The number of Topliss-reactive ketones (excluding diaryl/α,β-unsaturated/α-hetero) is 1. The third-order valence-corrected chi connectivity index (χ3v) is 2.54. The fourth-order valence-corrected chi connectivity index (χ4v) is 1.53. The molecule has 0 aliphatic carbocycles. The van der Waals surface area contributed by atoms with Crippen LogP contribution < -0.4 is 0 Å². The summed E-state index contributed by atoms with van der Waals surface area (Å²) in [6.45, 7) is 0. The second-order valence-corrected chi connectivity index (χ2v) is 3.68. The van der Waals surface area contributed by atoms with Gasteiger partial charge in [0.25, 0.3) is 0 Å². The zero-order valence-corrected chi connectivity index (χ0v) is 9.38. The quantitative estimate of drug-likeness (QED) is 0.460. The van der Waals surface area contributed by atoms with E-state index < -0.39 is 5.82 Å². The number of halogens is 4. The standard InChI is InChI=1S/C8H4BrCl2FO/c9-3-8(13)4-1-6(11)7(12)2-5(4)10/h1-2H,3H2. The van der Waals surface area contributed by atoms with Gasteiger partial charge < -0.3 is 0 Å². The summed E-state index contributed by atoms with van der Waals surface area (Å²) in [5, 5.41) is 0.106. The first-order chi connectivity index (χ1) is 6.06. The van der Waals surface area contributed by atoms with Gasteiger partial charge in [-0.25, -0.2) is 4.39 Å². The number of benzene rings is 1. The Labute approximate surface area is 93.0 Å². The molecule has 70 valence electrons. The van der Waals surface area contributed by atoms with Crippen LogP contribution in [0.5, 0.6) is 0 Å². The molecule has 0 fully saturated rings. The lowest BCUT2D eigenvalue weighted by Crippen LogP contribution is -2.01. The minimum absolute atomic E-state index is 0.0753. The predicted octanol–water partition coefficient (Wildman–Crippen LogP) is 3.71. The molecule has 0 radical (unpaired) electrons. The lowest BCUT2D eigenvalue weighted by Gasteiger charge is -2.02. The first-order valence-corrected chi connectivity index (χ1v) is 5.17. The Balaban J connectivity index is 3.23. The zero-order chi connectivity index (χ0) is 10.0. The van der Waals surface area contributed by atoms with Crippen LogP contribution in [0.2, 0.25) is 10.0 Å². The highest BCUT2D eigenvalue weighted by atomic mass is 79.9. The highest BCUT2D eigenvalue weighted by Crippen LogP contribution is 2.24. The number of rotatable bonds is 2. The lowest BCUT2D eigenvalue weighted by atomic mass is 10.1. The molecule has 0 saturated carbocycles. The van der Waals surface area contributed by atoms with E-state index in [0.29, 0.717) is 0 Å². The van der Waals surface area contributed by atoms with Crippen molar-refractivity contribution in [2.75, 3.05) is 5.33 Å². The highest BCUT2D eigenvalue weighted by Gasteiger charge is 2.12. The van der Waals surface area contributed by atoms with E-state index in [9.17, 15) is 9.18 Å². The molecule has 0 unspecified atom stereocenters. The Kier molecular flexibility index (Phi) is 3.71. The molecule has 1 rings (SSSR count). The number of hydrogen-bond acceptors (Lipinski definition) is 1. The number of ketones is 1. The molecule has 0 bridgehead atoms. The molecular formula is C8H4BrCl2FO. The summed E-state index contributed by atoms with van der Waals surface area (Å²) in [6.07, 6.45) is 0. The Morgan fingerprint density at radius 3 is 2.54 bits per heavy atom. The van der Waals surface area contributed by atoms with E-state index in [1.54, 1.807) is 0 Å². The van der Waals surface area contributed by atoms with Gasteiger partial charge in [-0.05, 0) is 12.1 Å². The second kappa shape index (κ2) is 4.40. The van der Waals surface area contributed by atoms with E-state index in [1.165, 1.54) is 6.07 Å². The van der Waals surface area contributed by atoms with Crippen molar-refractivity contribution in [2.24, 2.45) is 0 Å². The summed E-state index contributed by atoms with van der Waals surface area (Å²) in [4.78, 5) is 11.2. The van der Waals surface area contributed by atoms with E-state index in [0.717, 1.165) is 6.07 Å². The Morgan fingerprint density at radius 2 is 2.00 bits per heavy atom. The maximum atomic E-state index is 12.8. The average Bonchev–Trinajstić information content (AvgIpc) is 2.10. The molecule has 0 saturated heterocycles. The van der Waals surface area contributed by atoms with Crippen LogP contribution in [0.15, 0.2) is 12.1 Å². The van der Waals surface area contributed by atoms with Crippen LogP contribution in [0.1, 0.15) is 10.4 Å². The molecule has 0 amide bonds. The molecule has 0 spiro atoms. The van der Waals surface area contributed by atoms with Gasteiger partial charge in [0.15, 0.2) is 5.78 Å². The number of carbonyl (C=O) groups excluding carboxylic acids is 1. The Morgan fingerprint density at radius 1 is 1.38 bits per heavy atom. The number of carbonyl (C=O) groups is 1. The van der Waals surface area contributed by atoms with E-state index >= 15 is 0 Å². The maximum Gasteiger partial charge on any atom is 0.174 e. The topological polar surface area (TPSA) is 17.1 Å². The summed E-state index contributed by atoms with van der Waals surface area (Å²) in [5.41, 5.74) is 0.227. The maximum absolute atomic E-state index is 12.8. The summed E-state index contributed by atoms with van der Waals surface area (Å²) in [5.74, 6) is -0.857.